The Kier molecular flexibility index (Phi) is 6.02. The Morgan fingerprint density at radius 1 is 1.19 bits per heavy atom. The van der Waals surface area contributed by atoms with Crippen LogP contribution in [0.2, 0.25) is 5.02 Å². The van der Waals surface area contributed by atoms with Gasteiger partial charge in [-0.15, -0.1) is 0 Å². The number of hydrogen-bond donors (Lipinski definition) is 1. The van der Waals surface area contributed by atoms with Gasteiger partial charge in [-0.1, -0.05) is 23.8 Å². The molecular weight excluding hydrogens is 348 g/mol. The Balaban J connectivity index is 1.79. The maximum absolute atomic E-state index is 13.2. The second kappa shape index (κ2) is 8.26. The minimum Gasteiger partial charge on any atom is -0.333 e. The first kappa shape index (κ1) is 19.0. The molecule has 1 heterocycles. The molecule has 0 saturated carbocycles. The van der Waals surface area contributed by atoms with Crippen LogP contribution in [0.25, 0.3) is 0 Å². The number of amides is 2. The van der Waals surface area contributed by atoms with E-state index in [1.807, 2.05) is 4.90 Å². The average molecular weight is 375 g/mol. The molecule has 26 heavy (non-hydrogen) atoms. The molecule has 140 valence electrons. The molecule has 1 aliphatic heterocycles. The Morgan fingerprint density at radius 2 is 1.92 bits per heavy atom. The van der Waals surface area contributed by atoms with E-state index < -0.39 is 0 Å². The van der Waals surface area contributed by atoms with Gasteiger partial charge in [-0.3, -0.25) is 9.59 Å². The number of carbonyl (C=O) groups excluding carboxylic acids is 2. The fraction of sp³-hybridized carbons (Fsp3) is 0.524. The molecule has 1 saturated heterocycles. The summed E-state index contributed by atoms with van der Waals surface area (Å²) >= 11 is 6.15. The molecule has 0 bridgehead atoms. The van der Waals surface area contributed by atoms with E-state index >= 15 is 0 Å². The largest absolute Gasteiger partial charge is 0.333 e. The monoisotopic (exact) mass is 374 g/mol. The Labute approximate surface area is 160 Å². The van der Waals surface area contributed by atoms with Crippen LogP contribution in [-0.4, -0.2) is 28.8 Å². The third-order valence-electron chi connectivity index (χ3n) is 5.47. The number of benzene rings is 1. The predicted octanol–water partition coefficient (Wildman–Crippen LogP) is 5.04. The number of carbonyl (C=O) groups is 2. The van der Waals surface area contributed by atoms with Crippen LogP contribution in [0.15, 0.2) is 30.4 Å². The highest BCUT2D eigenvalue weighted by molar-refractivity contribution is 6.31. The molecule has 1 fully saturated rings. The smallest absolute Gasteiger partial charge is 0.256 e. The van der Waals surface area contributed by atoms with Crippen LogP contribution >= 0.6 is 11.6 Å². The van der Waals surface area contributed by atoms with Crippen molar-refractivity contribution in [2.24, 2.45) is 5.92 Å². The molecule has 1 N–H and O–H groups in total. The van der Waals surface area contributed by atoms with Crippen LogP contribution in [-0.2, 0) is 4.79 Å². The zero-order valence-electron chi connectivity index (χ0n) is 15.5. The molecule has 0 spiro atoms. The fourth-order valence-corrected chi connectivity index (χ4v) is 4.24. The molecule has 0 aromatic heterocycles. The van der Waals surface area contributed by atoms with E-state index in [4.69, 9.17) is 11.6 Å². The zero-order chi connectivity index (χ0) is 18.7. The molecule has 5 heteroatoms. The summed E-state index contributed by atoms with van der Waals surface area (Å²) in [6, 6.07) is 5.50. The molecule has 3 atom stereocenters. The summed E-state index contributed by atoms with van der Waals surface area (Å²) in [5.74, 6) is 0.185. The molecule has 1 aliphatic carbocycles. The van der Waals surface area contributed by atoms with Gasteiger partial charge < -0.3 is 10.2 Å². The van der Waals surface area contributed by atoms with Gasteiger partial charge in [0.2, 0.25) is 5.91 Å². The van der Waals surface area contributed by atoms with Crippen LogP contribution < -0.4 is 5.32 Å². The summed E-state index contributed by atoms with van der Waals surface area (Å²) in [7, 11) is 0. The first-order valence-corrected chi connectivity index (χ1v) is 9.92. The maximum Gasteiger partial charge on any atom is 0.256 e. The number of nitrogens with one attached hydrogen (secondary N) is 1. The van der Waals surface area contributed by atoms with Crippen LogP contribution in [0.3, 0.4) is 0 Å². The molecule has 0 radical (unpaired) electrons. The fourth-order valence-electron chi connectivity index (χ4n) is 4.07. The SMILES string of the molecule is C[C@@H]1CCC[C@H](C)N1C(=O)c1cc(Cl)ccc1NC(=O)C[C@@H]1C=CCC1. The van der Waals surface area contributed by atoms with Crippen molar-refractivity contribution in [3.8, 4) is 0 Å². The number of rotatable bonds is 4. The molecule has 2 amide bonds. The average Bonchev–Trinajstić information content (AvgIpc) is 3.09. The van der Waals surface area contributed by atoms with Crippen molar-refractivity contribution < 1.29 is 9.59 Å². The summed E-state index contributed by atoms with van der Waals surface area (Å²) < 4.78 is 0. The van der Waals surface area contributed by atoms with Crippen LogP contribution in [0.1, 0.15) is 62.7 Å². The number of hydrogen-bond acceptors (Lipinski definition) is 2. The summed E-state index contributed by atoms with van der Waals surface area (Å²) in [6.07, 6.45) is 9.87. The van der Waals surface area contributed by atoms with Gasteiger partial charge in [-0.05, 0) is 70.1 Å². The normalized spacial score (nSPS) is 25.3. The minimum absolute atomic E-state index is 0.0525. The van der Waals surface area contributed by atoms with Crippen molar-refractivity contribution in [3.63, 3.8) is 0 Å². The van der Waals surface area contributed by atoms with Gasteiger partial charge in [0.25, 0.3) is 5.91 Å². The van der Waals surface area contributed by atoms with Crippen LogP contribution in [0.5, 0.6) is 0 Å². The van der Waals surface area contributed by atoms with Crippen molar-refractivity contribution in [1.29, 1.82) is 0 Å². The van der Waals surface area contributed by atoms with E-state index in [0.29, 0.717) is 28.6 Å². The van der Waals surface area contributed by atoms with Crippen molar-refractivity contribution >= 4 is 29.1 Å². The molecule has 1 aromatic rings. The molecule has 2 aliphatic rings. The predicted molar refractivity (Wildman–Crippen MR) is 106 cm³/mol. The maximum atomic E-state index is 13.2. The van der Waals surface area contributed by atoms with Gasteiger partial charge in [0.15, 0.2) is 0 Å². The van der Waals surface area contributed by atoms with E-state index in [2.05, 4.69) is 31.3 Å². The third kappa shape index (κ3) is 4.29. The van der Waals surface area contributed by atoms with E-state index in [1.54, 1.807) is 18.2 Å². The summed E-state index contributed by atoms with van der Waals surface area (Å²) in [4.78, 5) is 27.6. The molecule has 1 aromatic carbocycles. The molecule has 4 nitrogen and oxygen atoms in total. The Hall–Kier alpha value is -1.81. The first-order valence-electron chi connectivity index (χ1n) is 9.54. The lowest BCUT2D eigenvalue weighted by Crippen LogP contribution is -2.47. The summed E-state index contributed by atoms with van der Waals surface area (Å²) in [6.45, 7) is 4.17. The van der Waals surface area contributed by atoms with Crippen molar-refractivity contribution in [1.82, 2.24) is 4.90 Å². The summed E-state index contributed by atoms with van der Waals surface area (Å²) in [5.41, 5.74) is 1.03. The molecule has 0 unspecified atom stereocenters. The number of nitrogens with zero attached hydrogens (tertiary/aromatic N) is 1. The number of halogens is 1. The van der Waals surface area contributed by atoms with E-state index in [0.717, 1.165) is 32.1 Å². The van der Waals surface area contributed by atoms with Gasteiger partial charge in [0, 0.05) is 23.5 Å². The van der Waals surface area contributed by atoms with Crippen LogP contribution in [0.4, 0.5) is 5.69 Å². The lowest BCUT2D eigenvalue weighted by Gasteiger charge is -2.39. The quantitative estimate of drug-likeness (QED) is 0.750. The number of likely N-dealkylation sites (tertiary alicyclic amines) is 1. The van der Waals surface area contributed by atoms with Crippen LogP contribution in [0, 0.1) is 5.92 Å². The highest BCUT2D eigenvalue weighted by Crippen LogP contribution is 2.29. The van der Waals surface area contributed by atoms with Crippen molar-refractivity contribution in [2.75, 3.05) is 5.32 Å². The van der Waals surface area contributed by atoms with E-state index in [-0.39, 0.29) is 23.9 Å². The summed E-state index contributed by atoms with van der Waals surface area (Å²) in [5, 5.41) is 3.44. The van der Waals surface area contributed by atoms with Gasteiger partial charge in [-0.2, -0.15) is 0 Å². The Bertz CT molecular complexity index is 706. The first-order chi connectivity index (χ1) is 12.5. The number of allylic oxidation sites excluding steroid dienone is 2. The van der Waals surface area contributed by atoms with E-state index in [1.165, 1.54) is 0 Å². The highest BCUT2D eigenvalue weighted by atomic mass is 35.5. The number of piperidine rings is 1. The number of anilines is 1. The van der Waals surface area contributed by atoms with Crippen molar-refractivity contribution in [3.05, 3.63) is 40.9 Å². The van der Waals surface area contributed by atoms with Gasteiger partial charge in [0.05, 0.1) is 11.3 Å². The third-order valence-corrected chi connectivity index (χ3v) is 5.71. The topological polar surface area (TPSA) is 49.4 Å². The lowest BCUT2D eigenvalue weighted by molar-refractivity contribution is -0.116. The van der Waals surface area contributed by atoms with Gasteiger partial charge in [0.1, 0.15) is 0 Å². The Morgan fingerprint density at radius 3 is 2.58 bits per heavy atom. The molecule has 3 rings (SSSR count). The molecular formula is C21H27ClN2O2. The zero-order valence-corrected chi connectivity index (χ0v) is 16.3. The van der Waals surface area contributed by atoms with Gasteiger partial charge in [-0.25, -0.2) is 0 Å². The second-order valence-electron chi connectivity index (χ2n) is 7.55. The lowest BCUT2D eigenvalue weighted by atomic mass is 9.96. The second-order valence-corrected chi connectivity index (χ2v) is 7.99. The van der Waals surface area contributed by atoms with Gasteiger partial charge >= 0.3 is 0 Å². The minimum atomic E-state index is -0.0577. The highest BCUT2D eigenvalue weighted by Gasteiger charge is 2.31. The van der Waals surface area contributed by atoms with E-state index in [9.17, 15) is 9.59 Å². The standard InChI is InChI=1S/C21H27ClN2O2/c1-14-6-5-7-15(2)24(14)21(26)18-13-17(22)10-11-19(18)23-20(25)12-16-8-3-4-9-16/h3,8,10-11,13-16H,4-7,9,12H2,1-2H3,(H,23,25)/t14-,15+,16-/m1/s1. The van der Waals surface area contributed by atoms with Crippen molar-refractivity contribution in [2.45, 2.75) is 64.5 Å².